The van der Waals surface area contributed by atoms with E-state index in [9.17, 15) is 0 Å². The van der Waals surface area contributed by atoms with Gasteiger partial charge in [-0.2, -0.15) is 0 Å². The van der Waals surface area contributed by atoms with Gasteiger partial charge in [-0.05, 0) is 31.0 Å². The van der Waals surface area contributed by atoms with Crippen LogP contribution in [0.15, 0.2) is 30.7 Å². The fraction of sp³-hybridized carbons (Fsp3) is 0.312. The summed E-state index contributed by atoms with van der Waals surface area (Å²) >= 11 is 0. The second-order valence-electron chi connectivity index (χ2n) is 5.29. The highest BCUT2D eigenvalue weighted by atomic mass is 15.2. The molecular weight excluding hydrogens is 262 g/mol. The Hall–Kier alpha value is -2.43. The van der Waals surface area contributed by atoms with Gasteiger partial charge in [-0.15, -0.1) is 0 Å². The van der Waals surface area contributed by atoms with E-state index in [0.717, 1.165) is 47.2 Å². The van der Waals surface area contributed by atoms with Crippen molar-refractivity contribution in [2.24, 2.45) is 0 Å². The average molecular weight is 281 g/mol. The van der Waals surface area contributed by atoms with Crippen molar-refractivity contribution in [2.75, 3.05) is 5.73 Å². The maximum atomic E-state index is 6.01. The second-order valence-corrected chi connectivity index (χ2v) is 5.29. The molecule has 5 heteroatoms. The Labute approximate surface area is 123 Å². The fourth-order valence-electron chi connectivity index (χ4n) is 2.44. The summed E-state index contributed by atoms with van der Waals surface area (Å²) in [6.07, 6.45) is 7.73. The van der Waals surface area contributed by atoms with Crippen LogP contribution in [-0.2, 0) is 6.54 Å². The third-order valence-electron chi connectivity index (χ3n) is 3.56. The number of rotatable bonds is 4. The van der Waals surface area contributed by atoms with E-state index in [4.69, 9.17) is 5.73 Å². The van der Waals surface area contributed by atoms with Gasteiger partial charge in [0.1, 0.15) is 5.52 Å². The van der Waals surface area contributed by atoms with E-state index in [0.29, 0.717) is 5.95 Å². The van der Waals surface area contributed by atoms with Gasteiger partial charge < -0.3 is 5.73 Å². The van der Waals surface area contributed by atoms with Crippen molar-refractivity contribution in [3.63, 3.8) is 0 Å². The molecule has 3 rings (SSSR count). The zero-order valence-corrected chi connectivity index (χ0v) is 12.4. The van der Waals surface area contributed by atoms with Gasteiger partial charge in [0.15, 0.2) is 5.65 Å². The Kier molecular flexibility index (Phi) is 3.56. The lowest BCUT2D eigenvalue weighted by Gasteiger charge is -2.05. The highest BCUT2D eigenvalue weighted by Gasteiger charge is 2.10. The van der Waals surface area contributed by atoms with E-state index >= 15 is 0 Å². The van der Waals surface area contributed by atoms with E-state index in [1.165, 1.54) is 0 Å². The van der Waals surface area contributed by atoms with Crippen LogP contribution in [0.3, 0.4) is 0 Å². The summed E-state index contributed by atoms with van der Waals surface area (Å²) < 4.78 is 1.98. The van der Waals surface area contributed by atoms with Crippen molar-refractivity contribution in [1.29, 1.82) is 0 Å². The maximum Gasteiger partial charge on any atom is 0.202 e. The molecule has 21 heavy (non-hydrogen) atoms. The number of aryl methyl sites for hydroxylation is 2. The number of hydrogen-bond donors (Lipinski definition) is 1. The average Bonchev–Trinajstić information content (AvgIpc) is 2.79. The van der Waals surface area contributed by atoms with Crippen molar-refractivity contribution < 1.29 is 0 Å². The Morgan fingerprint density at radius 1 is 1.14 bits per heavy atom. The molecule has 0 aliphatic rings. The van der Waals surface area contributed by atoms with Crippen molar-refractivity contribution >= 4 is 17.1 Å². The van der Waals surface area contributed by atoms with Gasteiger partial charge in [-0.1, -0.05) is 13.3 Å². The minimum Gasteiger partial charge on any atom is -0.369 e. The molecule has 3 aromatic rings. The molecule has 108 valence electrons. The van der Waals surface area contributed by atoms with E-state index in [2.05, 4.69) is 27.9 Å². The molecule has 0 unspecified atom stereocenters. The zero-order chi connectivity index (χ0) is 14.8. The summed E-state index contributed by atoms with van der Waals surface area (Å²) in [4.78, 5) is 13.2. The summed E-state index contributed by atoms with van der Waals surface area (Å²) in [5, 5.41) is 0. The number of pyridine rings is 2. The number of unbranched alkanes of at least 4 members (excludes halogenated alkanes) is 1. The number of hydrogen-bond acceptors (Lipinski definition) is 4. The van der Waals surface area contributed by atoms with Crippen molar-refractivity contribution in [3.8, 4) is 11.1 Å². The Morgan fingerprint density at radius 3 is 2.71 bits per heavy atom. The smallest absolute Gasteiger partial charge is 0.202 e. The van der Waals surface area contributed by atoms with Gasteiger partial charge in [-0.25, -0.2) is 9.97 Å². The molecule has 0 saturated heterocycles. The van der Waals surface area contributed by atoms with Crippen LogP contribution in [0.5, 0.6) is 0 Å². The third-order valence-corrected chi connectivity index (χ3v) is 3.56. The molecular formula is C16H19N5. The summed E-state index contributed by atoms with van der Waals surface area (Å²) in [6.45, 7) is 5.04. The predicted molar refractivity (Wildman–Crippen MR) is 84.8 cm³/mol. The molecule has 0 fully saturated rings. The van der Waals surface area contributed by atoms with Crippen molar-refractivity contribution in [3.05, 3.63) is 36.3 Å². The van der Waals surface area contributed by atoms with Crippen LogP contribution < -0.4 is 5.73 Å². The maximum absolute atomic E-state index is 6.01. The van der Waals surface area contributed by atoms with Crippen LogP contribution in [0, 0.1) is 6.92 Å². The third kappa shape index (κ3) is 2.59. The molecule has 0 radical (unpaired) electrons. The van der Waals surface area contributed by atoms with E-state index in [-0.39, 0.29) is 0 Å². The Balaban J connectivity index is 2.05. The van der Waals surface area contributed by atoms with Gasteiger partial charge in [0.25, 0.3) is 0 Å². The first-order valence-corrected chi connectivity index (χ1v) is 7.23. The van der Waals surface area contributed by atoms with Gasteiger partial charge in [0.05, 0.1) is 0 Å². The van der Waals surface area contributed by atoms with Crippen LogP contribution >= 0.6 is 0 Å². The van der Waals surface area contributed by atoms with Crippen LogP contribution in [-0.4, -0.2) is 19.5 Å². The van der Waals surface area contributed by atoms with Crippen LogP contribution in [0.1, 0.15) is 25.3 Å². The molecule has 0 aromatic carbocycles. The van der Waals surface area contributed by atoms with Crippen molar-refractivity contribution in [2.45, 2.75) is 33.2 Å². The van der Waals surface area contributed by atoms with Crippen LogP contribution in [0.4, 0.5) is 5.95 Å². The van der Waals surface area contributed by atoms with Crippen LogP contribution in [0.25, 0.3) is 22.3 Å². The molecule has 0 saturated carbocycles. The quantitative estimate of drug-likeness (QED) is 0.797. The predicted octanol–water partition coefficient (Wildman–Crippen LogP) is 3.18. The number of nitrogens with zero attached hydrogens (tertiary/aromatic N) is 4. The number of aromatic nitrogens is 4. The van der Waals surface area contributed by atoms with E-state index < -0.39 is 0 Å². The summed E-state index contributed by atoms with van der Waals surface area (Å²) in [5.41, 5.74) is 10.9. The minimum absolute atomic E-state index is 0.533. The highest BCUT2D eigenvalue weighted by Crippen LogP contribution is 2.24. The first-order chi connectivity index (χ1) is 10.2. The fourth-order valence-corrected chi connectivity index (χ4v) is 2.44. The first-order valence-electron chi connectivity index (χ1n) is 7.23. The van der Waals surface area contributed by atoms with Gasteiger partial charge >= 0.3 is 0 Å². The monoisotopic (exact) mass is 281 g/mol. The number of fused-ring (bicyclic) bond motifs is 1. The SMILES string of the molecule is CCCCn1c(N)nc2cc(-c3cncc(C)c3)cnc21. The number of nitrogen functional groups attached to an aromatic ring is 1. The number of imidazole rings is 1. The van der Waals surface area contributed by atoms with Gasteiger partial charge in [0, 0.05) is 36.3 Å². The lowest BCUT2D eigenvalue weighted by molar-refractivity contribution is 0.649. The normalized spacial score (nSPS) is 11.1. The standard InChI is InChI=1S/C16H19N5/c1-3-4-5-21-15-14(20-16(21)17)7-13(10-19-15)12-6-11(2)8-18-9-12/h6-10H,3-5H2,1-2H3,(H2,17,20). The molecule has 0 spiro atoms. The topological polar surface area (TPSA) is 69.6 Å². The van der Waals surface area contributed by atoms with E-state index in [1.54, 1.807) is 0 Å². The van der Waals surface area contributed by atoms with Crippen molar-refractivity contribution in [1.82, 2.24) is 19.5 Å². The molecule has 2 N–H and O–H groups in total. The number of nitrogens with two attached hydrogens (primary N) is 1. The molecule has 0 amide bonds. The number of anilines is 1. The Morgan fingerprint density at radius 2 is 1.95 bits per heavy atom. The molecule has 5 nitrogen and oxygen atoms in total. The lowest BCUT2D eigenvalue weighted by Crippen LogP contribution is -2.03. The largest absolute Gasteiger partial charge is 0.369 e. The highest BCUT2D eigenvalue weighted by molar-refractivity contribution is 5.80. The van der Waals surface area contributed by atoms with Gasteiger partial charge in [0.2, 0.25) is 5.95 Å². The second kappa shape index (κ2) is 5.52. The molecule has 0 bridgehead atoms. The van der Waals surface area contributed by atoms with Crippen LogP contribution in [0.2, 0.25) is 0 Å². The summed E-state index contributed by atoms with van der Waals surface area (Å²) in [6, 6.07) is 4.12. The molecule has 0 atom stereocenters. The lowest BCUT2D eigenvalue weighted by atomic mass is 10.1. The zero-order valence-electron chi connectivity index (χ0n) is 12.4. The summed E-state index contributed by atoms with van der Waals surface area (Å²) in [5.74, 6) is 0.533. The van der Waals surface area contributed by atoms with Gasteiger partial charge in [-0.3, -0.25) is 9.55 Å². The molecule has 3 heterocycles. The first kappa shape index (κ1) is 13.5. The Bertz CT molecular complexity index is 775. The summed E-state index contributed by atoms with van der Waals surface area (Å²) in [7, 11) is 0. The molecule has 0 aliphatic heterocycles. The molecule has 3 aromatic heterocycles. The molecule has 0 aliphatic carbocycles. The minimum atomic E-state index is 0.533. The van der Waals surface area contributed by atoms with E-state index in [1.807, 2.05) is 36.1 Å².